The Labute approximate surface area is 170 Å². The normalized spacial score (nSPS) is 11.1. The summed E-state index contributed by atoms with van der Waals surface area (Å²) >= 11 is 0. The molecule has 0 saturated heterocycles. The number of carbonyl (C=O) groups is 1. The van der Waals surface area contributed by atoms with E-state index in [0.29, 0.717) is 0 Å². The Kier molecular flexibility index (Phi) is 5.63. The SMILES string of the molecule is O=C(C=Cc1cnn(-c2ccccc2)c1)NC(c1ccccc1)c1ccccc1. The molecule has 29 heavy (non-hydrogen) atoms. The van der Waals surface area contributed by atoms with Crippen LogP contribution in [-0.2, 0) is 4.79 Å². The largest absolute Gasteiger partial charge is 0.342 e. The topological polar surface area (TPSA) is 46.9 Å². The molecule has 0 fully saturated rings. The van der Waals surface area contributed by atoms with E-state index in [9.17, 15) is 4.79 Å². The summed E-state index contributed by atoms with van der Waals surface area (Å²) in [5, 5.41) is 7.46. The molecule has 0 aliphatic carbocycles. The molecule has 0 spiro atoms. The Morgan fingerprint density at radius 2 is 1.38 bits per heavy atom. The van der Waals surface area contributed by atoms with E-state index < -0.39 is 0 Å². The Bertz CT molecular complexity index is 1050. The zero-order valence-corrected chi connectivity index (χ0v) is 15.8. The molecule has 0 atom stereocenters. The van der Waals surface area contributed by atoms with Crippen molar-refractivity contribution in [1.82, 2.24) is 15.1 Å². The quantitative estimate of drug-likeness (QED) is 0.490. The number of benzene rings is 3. The van der Waals surface area contributed by atoms with Gasteiger partial charge in [-0.1, -0.05) is 78.9 Å². The van der Waals surface area contributed by atoms with Crippen molar-refractivity contribution >= 4 is 12.0 Å². The van der Waals surface area contributed by atoms with Gasteiger partial charge in [-0.05, 0) is 29.3 Å². The molecule has 0 bridgehead atoms. The highest BCUT2D eigenvalue weighted by atomic mass is 16.1. The fourth-order valence-corrected chi connectivity index (χ4v) is 3.16. The van der Waals surface area contributed by atoms with Crippen LogP contribution < -0.4 is 5.32 Å². The lowest BCUT2D eigenvalue weighted by atomic mass is 9.99. The zero-order chi connectivity index (χ0) is 19.9. The predicted octanol–water partition coefficient (Wildman–Crippen LogP) is 4.79. The number of para-hydroxylation sites is 1. The molecule has 4 aromatic rings. The van der Waals surface area contributed by atoms with Gasteiger partial charge in [-0.25, -0.2) is 4.68 Å². The summed E-state index contributed by atoms with van der Waals surface area (Å²) < 4.78 is 1.79. The average Bonchev–Trinajstić information content (AvgIpc) is 3.27. The second-order valence-corrected chi connectivity index (χ2v) is 6.65. The molecule has 1 amide bonds. The van der Waals surface area contributed by atoms with Crippen molar-refractivity contribution in [2.45, 2.75) is 6.04 Å². The first-order valence-electron chi connectivity index (χ1n) is 9.48. The molecular formula is C25H21N3O. The lowest BCUT2D eigenvalue weighted by molar-refractivity contribution is -0.116. The molecule has 4 heteroatoms. The standard InChI is InChI=1S/C25H21N3O/c29-24(17-16-20-18-26-28(19-20)23-14-8-3-9-15-23)27-25(21-10-4-1-5-11-21)22-12-6-2-7-13-22/h1-19,25H,(H,27,29). The number of amides is 1. The highest BCUT2D eigenvalue weighted by Gasteiger charge is 2.15. The molecule has 4 rings (SSSR count). The van der Waals surface area contributed by atoms with Gasteiger partial charge in [0.25, 0.3) is 0 Å². The van der Waals surface area contributed by atoms with Crippen molar-refractivity contribution < 1.29 is 4.79 Å². The summed E-state index contributed by atoms with van der Waals surface area (Å²) in [5.74, 6) is -0.157. The van der Waals surface area contributed by atoms with Crippen molar-refractivity contribution in [2.75, 3.05) is 0 Å². The van der Waals surface area contributed by atoms with Crippen molar-refractivity contribution in [2.24, 2.45) is 0 Å². The lowest BCUT2D eigenvalue weighted by Crippen LogP contribution is -2.27. The number of nitrogens with zero attached hydrogens (tertiary/aromatic N) is 2. The fraction of sp³-hybridized carbons (Fsp3) is 0.0400. The van der Waals surface area contributed by atoms with Crippen molar-refractivity contribution in [3.8, 4) is 5.69 Å². The molecule has 3 aromatic carbocycles. The van der Waals surface area contributed by atoms with Crippen LogP contribution in [0.5, 0.6) is 0 Å². The van der Waals surface area contributed by atoms with E-state index in [1.165, 1.54) is 0 Å². The summed E-state index contributed by atoms with van der Waals surface area (Å²) in [7, 11) is 0. The molecule has 0 unspecified atom stereocenters. The minimum absolute atomic E-state index is 0.157. The van der Waals surface area contributed by atoms with E-state index in [-0.39, 0.29) is 11.9 Å². The summed E-state index contributed by atoms with van der Waals surface area (Å²) in [6.07, 6.45) is 6.95. The van der Waals surface area contributed by atoms with Crippen LogP contribution in [0.15, 0.2) is 109 Å². The van der Waals surface area contributed by atoms with E-state index in [1.54, 1.807) is 23.0 Å². The molecule has 4 nitrogen and oxygen atoms in total. The highest BCUT2D eigenvalue weighted by molar-refractivity contribution is 5.92. The molecule has 0 saturated carbocycles. The first-order valence-corrected chi connectivity index (χ1v) is 9.48. The average molecular weight is 379 g/mol. The molecule has 1 heterocycles. The van der Waals surface area contributed by atoms with E-state index in [1.807, 2.05) is 97.2 Å². The molecular weight excluding hydrogens is 358 g/mol. The first-order chi connectivity index (χ1) is 14.3. The minimum Gasteiger partial charge on any atom is -0.342 e. The summed E-state index contributed by atoms with van der Waals surface area (Å²) in [6, 6.07) is 29.6. The second-order valence-electron chi connectivity index (χ2n) is 6.65. The number of carbonyl (C=O) groups excluding carboxylic acids is 1. The summed E-state index contributed by atoms with van der Waals surface area (Å²) in [4.78, 5) is 12.6. The maximum atomic E-state index is 12.6. The lowest BCUT2D eigenvalue weighted by Gasteiger charge is -2.19. The maximum absolute atomic E-state index is 12.6. The number of hydrogen-bond donors (Lipinski definition) is 1. The number of hydrogen-bond acceptors (Lipinski definition) is 2. The summed E-state index contributed by atoms with van der Waals surface area (Å²) in [6.45, 7) is 0. The number of rotatable bonds is 6. The van der Waals surface area contributed by atoms with Crippen LogP contribution in [0.1, 0.15) is 22.7 Å². The van der Waals surface area contributed by atoms with Gasteiger partial charge >= 0.3 is 0 Å². The van der Waals surface area contributed by atoms with Gasteiger partial charge in [-0.15, -0.1) is 0 Å². The predicted molar refractivity (Wildman–Crippen MR) is 115 cm³/mol. The minimum atomic E-state index is -0.207. The van der Waals surface area contributed by atoms with Gasteiger partial charge in [0, 0.05) is 17.8 Å². The van der Waals surface area contributed by atoms with E-state index >= 15 is 0 Å². The third-order valence-corrected chi connectivity index (χ3v) is 4.60. The Hall–Kier alpha value is -3.92. The van der Waals surface area contributed by atoms with E-state index in [4.69, 9.17) is 0 Å². The van der Waals surface area contributed by atoms with Crippen LogP contribution in [0.3, 0.4) is 0 Å². The third kappa shape index (κ3) is 4.68. The number of nitrogens with one attached hydrogen (secondary N) is 1. The molecule has 1 aromatic heterocycles. The van der Waals surface area contributed by atoms with Crippen LogP contribution in [0.4, 0.5) is 0 Å². The van der Waals surface area contributed by atoms with Gasteiger partial charge in [0.2, 0.25) is 5.91 Å². The maximum Gasteiger partial charge on any atom is 0.244 e. The van der Waals surface area contributed by atoms with Crippen molar-refractivity contribution in [3.63, 3.8) is 0 Å². The smallest absolute Gasteiger partial charge is 0.244 e. The Morgan fingerprint density at radius 1 is 0.828 bits per heavy atom. The van der Waals surface area contributed by atoms with Gasteiger partial charge < -0.3 is 5.32 Å². The van der Waals surface area contributed by atoms with Gasteiger partial charge in [-0.2, -0.15) is 5.10 Å². The van der Waals surface area contributed by atoms with Gasteiger partial charge in [0.05, 0.1) is 17.9 Å². The Morgan fingerprint density at radius 3 is 1.97 bits per heavy atom. The summed E-state index contributed by atoms with van der Waals surface area (Å²) in [5.41, 5.74) is 3.92. The van der Waals surface area contributed by atoms with Crippen LogP contribution >= 0.6 is 0 Å². The van der Waals surface area contributed by atoms with Crippen molar-refractivity contribution in [3.05, 3.63) is 126 Å². The van der Waals surface area contributed by atoms with Crippen LogP contribution in [0.25, 0.3) is 11.8 Å². The van der Waals surface area contributed by atoms with Crippen LogP contribution in [-0.4, -0.2) is 15.7 Å². The second kappa shape index (κ2) is 8.85. The molecule has 1 N–H and O–H groups in total. The molecule has 0 radical (unpaired) electrons. The first kappa shape index (κ1) is 18.4. The van der Waals surface area contributed by atoms with Gasteiger partial charge in [-0.3, -0.25) is 4.79 Å². The van der Waals surface area contributed by atoms with Crippen LogP contribution in [0.2, 0.25) is 0 Å². The van der Waals surface area contributed by atoms with Crippen molar-refractivity contribution in [1.29, 1.82) is 0 Å². The Balaban J connectivity index is 1.49. The molecule has 142 valence electrons. The van der Waals surface area contributed by atoms with E-state index in [2.05, 4.69) is 10.4 Å². The molecule has 0 aliphatic rings. The highest BCUT2D eigenvalue weighted by Crippen LogP contribution is 2.21. The van der Waals surface area contributed by atoms with E-state index in [0.717, 1.165) is 22.4 Å². The van der Waals surface area contributed by atoms with Gasteiger partial charge in [0.1, 0.15) is 0 Å². The fourth-order valence-electron chi connectivity index (χ4n) is 3.16. The zero-order valence-electron chi connectivity index (χ0n) is 15.8. The monoisotopic (exact) mass is 379 g/mol. The van der Waals surface area contributed by atoms with Gasteiger partial charge in [0.15, 0.2) is 0 Å². The molecule has 0 aliphatic heterocycles. The number of aromatic nitrogens is 2. The van der Waals surface area contributed by atoms with Crippen LogP contribution in [0, 0.1) is 0 Å². The third-order valence-electron chi connectivity index (χ3n) is 4.60.